The first-order chi connectivity index (χ1) is 7.79. The van der Waals surface area contributed by atoms with Crippen LogP contribution in [0.3, 0.4) is 0 Å². The SMILES string of the molecule is CC1CCCCC1Oc1cncc(CN)n1. The van der Waals surface area contributed by atoms with Crippen LogP contribution in [0.5, 0.6) is 5.88 Å². The summed E-state index contributed by atoms with van der Waals surface area (Å²) in [5, 5.41) is 0. The van der Waals surface area contributed by atoms with Gasteiger partial charge < -0.3 is 10.5 Å². The molecule has 1 aliphatic carbocycles. The summed E-state index contributed by atoms with van der Waals surface area (Å²) < 4.78 is 5.88. The highest BCUT2D eigenvalue weighted by atomic mass is 16.5. The Kier molecular flexibility index (Phi) is 3.72. The largest absolute Gasteiger partial charge is 0.473 e. The van der Waals surface area contributed by atoms with Gasteiger partial charge in [0.15, 0.2) is 0 Å². The maximum Gasteiger partial charge on any atom is 0.232 e. The lowest BCUT2D eigenvalue weighted by Gasteiger charge is -2.28. The minimum atomic E-state index is 0.288. The van der Waals surface area contributed by atoms with Crippen LogP contribution in [0.1, 0.15) is 38.3 Å². The molecular formula is C12H19N3O. The zero-order chi connectivity index (χ0) is 11.4. The zero-order valence-corrected chi connectivity index (χ0v) is 9.72. The lowest BCUT2D eigenvalue weighted by Crippen LogP contribution is -2.28. The molecule has 0 saturated heterocycles. The molecule has 2 unspecified atom stereocenters. The minimum absolute atomic E-state index is 0.288. The van der Waals surface area contributed by atoms with Crippen molar-refractivity contribution in [3.8, 4) is 5.88 Å². The molecule has 1 heterocycles. The second-order valence-corrected chi connectivity index (χ2v) is 4.47. The third-order valence-electron chi connectivity index (χ3n) is 3.18. The molecule has 0 amide bonds. The van der Waals surface area contributed by atoms with Crippen molar-refractivity contribution in [1.82, 2.24) is 9.97 Å². The van der Waals surface area contributed by atoms with Crippen molar-refractivity contribution < 1.29 is 4.74 Å². The number of aromatic nitrogens is 2. The summed E-state index contributed by atoms with van der Waals surface area (Å²) in [6, 6.07) is 0. The normalized spacial score (nSPS) is 25.4. The van der Waals surface area contributed by atoms with Gasteiger partial charge in [-0.15, -0.1) is 0 Å². The number of hydrogen-bond donors (Lipinski definition) is 1. The Morgan fingerprint density at radius 3 is 2.94 bits per heavy atom. The average molecular weight is 221 g/mol. The highest BCUT2D eigenvalue weighted by Crippen LogP contribution is 2.27. The fourth-order valence-electron chi connectivity index (χ4n) is 2.15. The van der Waals surface area contributed by atoms with Gasteiger partial charge in [0.05, 0.1) is 11.9 Å². The molecule has 0 aliphatic heterocycles. The summed E-state index contributed by atoms with van der Waals surface area (Å²) in [4.78, 5) is 8.39. The van der Waals surface area contributed by atoms with E-state index in [1.54, 1.807) is 12.4 Å². The fourth-order valence-corrected chi connectivity index (χ4v) is 2.15. The number of rotatable bonds is 3. The van der Waals surface area contributed by atoms with Gasteiger partial charge in [-0.2, -0.15) is 0 Å². The maximum atomic E-state index is 5.88. The molecule has 4 nitrogen and oxygen atoms in total. The lowest BCUT2D eigenvalue weighted by atomic mass is 9.88. The Morgan fingerprint density at radius 2 is 2.19 bits per heavy atom. The second-order valence-electron chi connectivity index (χ2n) is 4.47. The molecule has 1 fully saturated rings. The van der Waals surface area contributed by atoms with Crippen molar-refractivity contribution >= 4 is 0 Å². The molecule has 4 heteroatoms. The first kappa shape index (κ1) is 11.3. The predicted octanol–water partition coefficient (Wildman–Crippen LogP) is 1.89. The molecule has 0 radical (unpaired) electrons. The number of nitrogens with zero attached hydrogens (tertiary/aromatic N) is 2. The van der Waals surface area contributed by atoms with E-state index in [1.165, 1.54) is 19.3 Å². The molecule has 0 aromatic carbocycles. The molecule has 2 atom stereocenters. The Morgan fingerprint density at radius 1 is 1.38 bits per heavy atom. The predicted molar refractivity (Wildman–Crippen MR) is 62.0 cm³/mol. The van der Waals surface area contributed by atoms with E-state index in [0.717, 1.165) is 12.1 Å². The first-order valence-corrected chi connectivity index (χ1v) is 5.97. The van der Waals surface area contributed by atoms with Gasteiger partial charge in [0.25, 0.3) is 0 Å². The van der Waals surface area contributed by atoms with E-state index in [9.17, 15) is 0 Å². The maximum absolute atomic E-state index is 5.88. The van der Waals surface area contributed by atoms with Gasteiger partial charge in [0.2, 0.25) is 5.88 Å². The molecule has 1 saturated carbocycles. The van der Waals surface area contributed by atoms with E-state index in [2.05, 4.69) is 16.9 Å². The van der Waals surface area contributed by atoms with E-state index < -0.39 is 0 Å². The molecule has 1 aliphatic rings. The summed E-state index contributed by atoms with van der Waals surface area (Å²) in [6.45, 7) is 2.65. The molecule has 16 heavy (non-hydrogen) atoms. The average Bonchev–Trinajstić information content (AvgIpc) is 2.32. The smallest absolute Gasteiger partial charge is 0.232 e. The van der Waals surface area contributed by atoms with Crippen molar-refractivity contribution in [2.75, 3.05) is 0 Å². The Hall–Kier alpha value is -1.16. The second kappa shape index (κ2) is 5.25. The van der Waals surface area contributed by atoms with E-state index >= 15 is 0 Å². The topological polar surface area (TPSA) is 61.0 Å². The van der Waals surface area contributed by atoms with Crippen molar-refractivity contribution in [2.24, 2.45) is 11.7 Å². The van der Waals surface area contributed by atoms with Gasteiger partial charge in [0.1, 0.15) is 6.10 Å². The Labute approximate surface area is 96.2 Å². The van der Waals surface area contributed by atoms with Crippen LogP contribution >= 0.6 is 0 Å². The van der Waals surface area contributed by atoms with Crippen molar-refractivity contribution in [2.45, 2.75) is 45.3 Å². The van der Waals surface area contributed by atoms with Gasteiger partial charge in [-0.05, 0) is 25.2 Å². The van der Waals surface area contributed by atoms with Crippen LogP contribution in [0.25, 0.3) is 0 Å². The van der Waals surface area contributed by atoms with E-state index in [1.807, 2.05) is 0 Å². The van der Waals surface area contributed by atoms with E-state index in [-0.39, 0.29) is 6.10 Å². The molecule has 1 aromatic heterocycles. The molecule has 2 rings (SSSR count). The molecule has 0 bridgehead atoms. The summed E-state index contributed by atoms with van der Waals surface area (Å²) in [5.74, 6) is 1.22. The molecule has 1 aromatic rings. The summed E-state index contributed by atoms with van der Waals surface area (Å²) >= 11 is 0. The summed E-state index contributed by atoms with van der Waals surface area (Å²) in [7, 11) is 0. The highest BCUT2D eigenvalue weighted by molar-refractivity contribution is 5.08. The van der Waals surface area contributed by atoms with Gasteiger partial charge >= 0.3 is 0 Å². The molecular weight excluding hydrogens is 202 g/mol. The molecule has 0 spiro atoms. The van der Waals surface area contributed by atoms with E-state index in [0.29, 0.717) is 18.3 Å². The standard InChI is InChI=1S/C12H19N3O/c1-9-4-2-3-5-11(9)16-12-8-14-7-10(6-13)15-12/h7-9,11H,2-6,13H2,1H3. The van der Waals surface area contributed by atoms with Crippen LogP contribution in [0.2, 0.25) is 0 Å². The summed E-state index contributed by atoms with van der Waals surface area (Å²) in [6.07, 6.45) is 8.56. The first-order valence-electron chi connectivity index (χ1n) is 5.97. The Bertz CT molecular complexity index is 343. The van der Waals surface area contributed by atoms with Gasteiger partial charge in [-0.1, -0.05) is 13.3 Å². The third kappa shape index (κ3) is 2.70. The van der Waals surface area contributed by atoms with Crippen molar-refractivity contribution in [3.63, 3.8) is 0 Å². The number of hydrogen-bond acceptors (Lipinski definition) is 4. The van der Waals surface area contributed by atoms with Gasteiger partial charge in [-0.3, -0.25) is 4.98 Å². The van der Waals surface area contributed by atoms with Crippen LogP contribution in [-0.4, -0.2) is 16.1 Å². The van der Waals surface area contributed by atoms with Crippen molar-refractivity contribution in [1.29, 1.82) is 0 Å². The number of ether oxygens (including phenoxy) is 1. The van der Waals surface area contributed by atoms with Crippen LogP contribution in [0, 0.1) is 5.92 Å². The quantitative estimate of drug-likeness (QED) is 0.846. The fraction of sp³-hybridized carbons (Fsp3) is 0.667. The van der Waals surface area contributed by atoms with E-state index in [4.69, 9.17) is 10.5 Å². The molecule has 88 valence electrons. The number of nitrogens with two attached hydrogens (primary N) is 1. The van der Waals surface area contributed by atoms with Crippen LogP contribution in [0.15, 0.2) is 12.4 Å². The van der Waals surface area contributed by atoms with Crippen molar-refractivity contribution in [3.05, 3.63) is 18.1 Å². The lowest BCUT2D eigenvalue weighted by molar-refractivity contribution is 0.0969. The van der Waals surface area contributed by atoms with Crippen LogP contribution in [0.4, 0.5) is 0 Å². The van der Waals surface area contributed by atoms with Crippen LogP contribution in [-0.2, 0) is 6.54 Å². The monoisotopic (exact) mass is 221 g/mol. The Balaban J connectivity index is 2.01. The van der Waals surface area contributed by atoms with Gasteiger partial charge in [-0.25, -0.2) is 4.98 Å². The zero-order valence-electron chi connectivity index (χ0n) is 9.72. The van der Waals surface area contributed by atoms with Crippen LogP contribution < -0.4 is 10.5 Å². The summed E-state index contributed by atoms with van der Waals surface area (Å²) in [5.41, 5.74) is 6.30. The highest BCUT2D eigenvalue weighted by Gasteiger charge is 2.23. The molecule has 2 N–H and O–H groups in total. The minimum Gasteiger partial charge on any atom is -0.473 e. The van der Waals surface area contributed by atoms with Gasteiger partial charge in [0, 0.05) is 12.7 Å². The third-order valence-corrected chi connectivity index (χ3v) is 3.18.